The van der Waals surface area contributed by atoms with Gasteiger partial charge < -0.3 is 10.0 Å². The molecule has 1 amide bonds. The monoisotopic (exact) mass is 405 g/mol. The van der Waals surface area contributed by atoms with Crippen LogP contribution in [0.4, 0.5) is 0 Å². The zero-order valence-electron chi connectivity index (χ0n) is 11.6. The molecule has 20 heavy (non-hydrogen) atoms. The highest BCUT2D eigenvalue weighted by molar-refractivity contribution is 9.11. The molecule has 6 heteroatoms. The minimum absolute atomic E-state index is 0.0712. The molecular formula is C14H17Br2NO3. The van der Waals surface area contributed by atoms with Crippen molar-refractivity contribution in [1.29, 1.82) is 0 Å². The quantitative estimate of drug-likeness (QED) is 0.824. The largest absolute Gasteiger partial charge is 0.481 e. The van der Waals surface area contributed by atoms with Gasteiger partial charge in [-0.3, -0.25) is 9.59 Å². The number of rotatable bonds is 4. The lowest BCUT2D eigenvalue weighted by atomic mass is 10.0. The van der Waals surface area contributed by atoms with E-state index >= 15 is 0 Å². The van der Waals surface area contributed by atoms with Crippen molar-refractivity contribution in [1.82, 2.24) is 4.90 Å². The van der Waals surface area contributed by atoms with Crippen LogP contribution in [0, 0.1) is 0 Å². The van der Waals surface area contributed by atoms with Gasteiger partial charge in [0, 0.05) is 26.6 Å². The molecule has 0 spiro atoms. The van der Waals surface area contributed by atoms with Gasteiger partial charge in [-0.25, -0.2) is 0 Å². The number of nitrogens with zero attached hydrogens (tertiary/aromatic N) is 1. The first-order chi connectivity index (χ1) is 9.11. The lowest BCUT2D eigenvalue weighted by Gasteiger charge is -2.35. The van der Waals surface area contributed by atoms with E-state index < -0.39 is 11.5 Å². The van der Waals surface area contributed by atoms with Crippen LogP contribution in [0.15, 0.2) is 27.1 Å². The normalized spacial score (nSPS) is 11.2. The molecule has 1 rings (SSSR count). The molecular weight excluding hydrogens is 390 g/mol. The first kappa shape index (κ1) is 17.2. The van der Waals surface area contributed by atoms with Crippen molar-refractivity contribution in [2.45, 2.75) is 32.7 Å². The van der Waals surface area contributed by atoms with E-state index in [0.29, 0.717) is 5.56 Å². The molecule has 1 aromatic rings. The Morgan fingerprint density at radius 3 is 2.05 bits per heavy atom. The highest BCUT2D eigenvalue weighted by Crippen LogP contribution is 2.24. The van der Waals surface area contributed by atoms with Crippen molar-refractivity contribution in [3.8, 4) is 0 Å². The van der Waals surface area contributed by atoms with Crippen molar-refractivity contribution in [3.05, 3.63) is 32.7 Å². The summed E-state index contributed by atoms with van der Waals surface area (Å²) in [6.45, 7) is 5.85. The van der Waals surface area contributed by atoms with Gasteiger partial charge in [-0.1, -0.05) is 31.9 Å². The summed E-state index contributed by atoms with van der Waals surface area (Å²) in [5.41, 5.74) is 0.0768. The van der Waals surface area contributed by atoms with Crippen LogP contribution < -0.4 is 0 Å². The van der Waals surface area contributed by atoms with Crippen LogP contribution >= 0.6 is 31.9 Å². The van der Waals surface area contributed by atoms with Crippen LogP contribution in [0.1, 0.15) is 37.6 Å². The maximum atomic E-state index is 12.6. The Morgan fingerprint density at radius 1 is 1.15 bits per heavy atom. The molecule has 1 N–H and O–H groups in total. The van der Waals surface area contributed by atoms with Crippen molar-refractivity contribution < 1.29 is 14.7 Å². The third-order valence-corrected chi connectivity index (χ3v) is 3.63. The topological polar surface area (TPSA) is 57.6 Å². The van der Waals surface area contributed by atoms with Crippen LogP contribution in [-0.4, -0.2) is 34.0 Å². The fourth-order valence-corrected chi connectivity index (χ4v) is 3.08. The standard InChI is InChI=1S/C14H17Br2NO3/c1-14(2,3)17(5-4-12(18)19)13(20)9-6-10(15)8-11(16)7-9/h6-8H,4-5H2,1-3H3,(H,18,19). The Hall–Kier alpha value is -0.880. The summed E-state index contributed by atoms with van der Waals surface area (Å²) >= 11 is 6.70. The number of carbonyl (C=O) groups excluding carboxylic acids is 1. The Balaban J connectivity index is 3.06. The van der Waals surface area contributed by atoms with E-state index in [2.05, 4.69) is 31.9 Å². The molecule has 1 aromatic carbocycles. The van der Waals surface area contributed by atoms with Gasteiger partial charge in [0.2, 0.25) is 0 Å². The number of carboxylic acid groups (broad SMARTS) is 1. The van der Waals surface area contributed by atoms with Gasteiger partial charge in [-0.05, 0) is 39.0 Å². The summed E-state index contributed by atoms with van der Waals surface area (Å²) in [6, 6.07) is 5.30. The van der Waals surface area contributed by atoms with Gasteiger partial charge in [-0.2, -0.15) is 0 Å². The second kappa shape index (κ2) is 6.72. The molecule has 0 unspecified atom stereocenters. The number of aliphatic carboxylic acids is 1. The molecule has 0 fully saturated rings. The molecule has 0 atom stereocenters. The van der Waals surface area contributed by atoms with Crippen LogP contribution in [0.2, 0.25) is 0 Å². The van der Waals surface area contributed by atoms with E-state index in [4.69, 9.17) is 5.11 Å². The maximum absolute atomic E-state index is 12.6. The summed E-state index contributed by atoms with van der Waals surface area (Å²) < 4.78 is 1.59. The molecule has 0 saturated carbocycles. The molecule has 0 aliphatic heterocycles. The molecule has 0 bridgehead atoms. The van der Waals surface area contributed by atoms with Crippen molar-refractivity contribution in [2.75, 3.05) is 6.54 Å². The Kier molecular flexibility index (Phi) is 5.77. The summed E-state index contributed by atoms with van der Waals surface area (Å²) in [7, 11) is 0. The minimum Gasteiger partial charge on any atom is -0.481 e. The van der Waals surface area contributed by atoms with Crippen LogP contribution in [0.25, 0.3) is 0 Å². The Morgan fingerprint density at radius 2 is 1.65 bits per heavy atom. The lowest BCUT2D eigenvalue weighted by Crippen LogP contribution is -2.46. The van der Waals surface area contributed by atoms with Crippen molar-refractivity contribution in [2.24, 2.45) is 0 Å². The lowest BCUT2D eigenvalue weighted by molar-refractivity contribution is -0.137. The number of halogens is 2. The predicted molar refractivity (Wildman–Crippen MR) is 84.9 cm³/mol. The smallest absolute Gasteiger partial charge is 0.305 e. The highest BCUT2D eigenvalue weighted by atomic mass is 79.9. The first-order valence-electron chi connectivity index (χ1n) is 6.11. The zero-order chi connectivity index (χ0) is 15.5. The average molecular weight is 407 g/mol. The molecule has 0 saturated heterocycles. The Labute approximate surface area is 135 Å². The number of hydrogen-bond donors (Lipinski definition) is 1. The number of carbonyl (C=O) groups is 2. The summed E-state index contributed by atoms with van der Waals surface area (Å²) in [6.07, 6.45) is -0.0712. The minimum atomic E-state index is -0.914. The summed E-state index contributed by atoms with van der Waals surface area (Å²) in [5, 5.41) is 8.82. The molecule has 0 radical (unpaired) electrons. The Bertz CT molecular complexity index is 503. The van der Waals surface area contributed by atoms with Crippen LogP contribution in [0.3, 0.4) is 0 Å². The van der Waals surface area contributed by atoms with E-state index in [1.807, 2.05) is 26.8 Å². The van der Waals surface area contributed by atoms with Crippen molar-refractivity contribution in [3.63, 3.8) is 0 Å². The molecule has 110 valence electrons. The molecule has 0 aliphatic rings. The third-order valence-electron chi connectivity index (χ3n) is 2.71. The second-order valence-electron chi connectivity index (χ2n) is 5.43. The molecule has 0 aromatic heterocycles. The van der Waals surface area contributed by atoms with E-state index in [1.165, 1.54) is 0 Å². The van der Waals surface area contributed by atoms with Crippen LogP contribution in [0.5, 0.6) is 0 Å². The van der Waals surface area contributed by atoms with E-state index in [9.17, 15) is 9.59 Å². The van der Waals surface area contributed by atoms with Gasteiger partial charge in [-0.15, -0.1) is 0 Å². The fraction of sp³-hybridized carbons (Fsp3) is 0.429. The average Bonchev–Trinajstić information content (AvgIpc) is 2.25. The number of hydrogen-bond acceptors (Lipinski definition) is 2. The predicted octanol–water partition coefficient (Wildman–Crippen LogP) is 3.93. The highest BCUT2D eigenvalue weighted by Gasteiger charge is 2.28. The fourth-order valence-electron chi connectivity index (χ4n) is 1.78. The van der Waals surface area contributed by atoms with Gasteiger partial charge >= 0.3 is 5.97 Å². The van der Waals surface area contributed by atoms with Gasteiger partial charge in [0.25, 0.3) is 5.91 Å². The summed E-state index contributed by atoms with van der Waals surface area (Å²) in [4.78, 5) is 24.9. The maximum Gasteiger partial charge on any atom is 0.305 e. The third kappa shape index (κ3) is 4.90. The van der Waals surface area contributed by atoms with Crippen LogP contribution in [-0.2, 0) is 4.79 Å². The second-order valence-corrected chi connectivity index (χ2v) is 7.26. The first-order valence-corrected chi connectivity index (χ1v) is 7.69. The number of carboxylic acids is 1. The summed E-state index contributed by atoms with van der Waals surface area (Å²) in [5.74, 6) is -1.09. The van der Waals surface area contributed by atoms with Gasteiger partial charge in [0.15, 0.2) is 0 Å². The molecule has 0 heterocycles. The van der Waals surface area contributed by atoms with Gasteiger partial charge in [0.05, 0.1) is 6.42 Å². The van der Waals surface area contributed by atoms with Crippen molar-refractivity contribution >= 4 is 43.7 Å². The van der Waals surface area contributed by atoms with E-state index in [1.54, 1.807) is 17.0 Å². The van der Waals surface area contributed by atoms with E-state index in [0.717, 1.165) is 8.95 Å². The SMILES string of the molecule is CC(C)(C)N(CCC(=O)O)C(=O)c1cc(Br)cc(Br)c1. The number of amides is 1. The zero-order valence-corrected chi connectivity index (χ0v) is 14.8. The van der Waals surface area contributed by atoms with E-state index in [-0.39, 0.29) is 18.9 Å². The number of benzene rings is 1. The molecule has 4 nitrogen and oxygen atoms in total. The van der Waals surface area contributed by atoms with Gasteiger partial charge in [0.1, 0.15) is 0 Å². The molecule has 0 aliphatic carbocycles.